The van der Waals surface area contributed by atoms with E-state index in [0.29, 0.717) is 18.5 Å². The highest BCUT2D eigenvalue weighted by molar-refractivity contribution is 5.94. The highest BCUT2D eigenvalue weighted by Crippen LogP contribution is 2.09. The lowest BCUT2D eigenvalue weighted by atomic mass is 10.1. The minimum Gasteiger partial charge on any atom is -0.483 e. The van der Waals surface area contributed by atoms with Crippen LogP contribution in [0.25, 0.3) is 6.08 Å². The zero-order valence-corrected chi connectivity index (χ0v) is 18.9. The van der Waals surface area contributed by atoms with Gasteiger partial charge in [-0.1, -0.05) is 60.2 Å². The molecule has 2 aromatic rings. The number of nitrogens with one attached hydrogen (secondary N) is 1. The quantitative estimate of drug-likeness (QED) is 0.507. The zero-order chi connectivity index (χ0) is 23.5. The SMILES string of the molecule is CCNC(=O)c1cccc(/C=C\CCCC(=O)N(C)C)c1.Cc1ccccc1.O=CO. The number of hydrogen-bond donors (Lipinski definition) is 2. The zero-order valence-electron chi connectivity index (χ0n) is 18.9. The summed E-state index contributed by atoms with van der Waals surface area (Å²) in [6.07, 6.45) is 6.29. The number of amides is 2. The van der Waals surface area contributed by atoms with Crippen LogP contribution in [0.2, 0.25) is 0 Å². The van der Waals surface area contributed by atoms with E-state index in [1.54, 1.807) is 25.1 Å². The molecule has 0 radical (unpaired) electrons. The molecule has 0 aromatic heterocycles. The Balaban J connectivity index is 0.000000739. The smallest absolute Gasteiger partial charge is 0.290 e. The number of aryl methyl sites for hydroxylation is 1. The van der Waals surface area contributed by atoms with Crippen molar-refractivity contribution in [3.8, 4) is 0 Å². The Labute approximate surface area is 185 Å². The Kier molecular flexibility index (Phi) is 15.5. The number of carbonyl (C=O) groups excluding carboxylic acids is 2. The Hall–Kier alpha value is -3.41. The number of carboxylic acid groups (broad SMARTS) is 1. The van der Waals surface area contributed by atoms with Crippen LogP contribution in [-0.4, -0.2) is 48.9 Å². The number of unbranched alkanes of at least 4 members (excludes halogenated alkanes) is 1. The highest BCUT2D eigenvalue weighted by atomic mass is 16.3. The summed E-state index contributed by atoms with van der Waals surface area (Å²) in [6, 6.07) is 17.8. The van der Waals surface area contributed by atoms with Crippen LogP contribution in [-0.2, 0) is 9.59 Å². The van der Waals surface area contributed by atoms with Gasteiger partial charge in [0.25, 0.3) is 12.4 Å². The van der Waals surface area contributed by atoms with Gasteiger partial charge in [-0.2, -0.15) is 0 Å². The average Bonchev–Trinajstić information content (AvgIpc) is 2.75. The fraction of sp³-hybridized carbons (Fsp3) is 0.320. The molecule has 0 atom stereocenters. The first-order valence-electron chi connectivity index (χ1n) is 10.2. The van der Waals surface area contributed by atoms with Crippen molar-refractivity contribution in [2.45, 2.75) is 33.1 Å². The van der Waals surface area contributed by atoms with Crippen molar-refractivity contribution in [3.63, 3.8) is 0 Å². The third kappa shape index (κ3) is 14.3. The van der Waals surface area contributed by atoms with Gasteiger partial charge in [-0.05, 0) is 44.4 Å². The van der Waals surface area contributed by atoms with Crippen LogP contribution in [0.15, 0.2) is 60.7 Å². The van der Waals surface area contributed by atoms with Gasteiger partial charge in [-0.3, -0.25) is 14.4 Å². The summed E-state index contributed by atoms with van der Waals surface area (Å²) in [5.41, 5.74) is 2.99. The molecule has 2 aromatic carbocycles. The molecule has 0 fully saturated rings. The molecular weight excluding hydrogens is 392 g/mol. The lowest BCUT2D eigenvalue weighted by molar-refractivity contribution is -0.128. The Morgan fingerprint density at radius 1 is 1.06 bits per heavy atom. The molecule has 0 aliphatic carbocycles. The number of benzene rings is 2. The molecule has 0 saturated carbocycles. The van der Waals surface area contributed by atoms with Crippen molar-refractivity contribution in [2.24, 2.45) is 0 Å². The Morgan fingerprint density at radius 3 is 2.23 bits per heavy atom. The molecule has 2 rings (SSSR count). The summed E-state index contributed by atoms with van der Waals surface area (Å²) in [7, 11) is 3.54. The van der Waals surface area contributed by atoms with E-state index in [0.717, 1.165) is 18.4 Å². The number of carbonyl (C=O) groups is 3. The normalized spacial score (nSPS) is 9.55. The first-order valence-corrected chi connectivity index (χ1v) is 10.2. The topological polar surface area (TPSA) is 86.7 Å². The highest BCUT2D eigenvalue weighted by Gasteiger charge is 2.03. The summed E-state index contributed by atoms with van der Waals surface area (Å²) < 4.78 is 0. The molecular formula is C25H34N2O4. The van der Waals surface area contributed by atoms with E-state index in [2.05, 4.69) is 24.4 Å². The van der Waals surface area contributed by atoms with E-state index in [-0.39, 0.29) is 18.3 Å². The molecule has 0 aliphatic rings. The minimum absolute atomic E-state index is 0.0515. The lowest BCUT2D eigenvalue weighted by Gasteiger charge is -2.08. The second-order valence-corrected chi connectivity index (χ2v) is 6.83. The van der Waals surface area contributed by atoms with E-state index in [1.807, 2.05) is 55.5 Å². The molecule has 0 saturated heterocycles. The van der Waals surface area contributed by atoms with Gasteiger partial charge in [0.15, 0.2) is 0 Å². The van der Waals surface area contributed by atoms with Gasteiger partial charge in [0.2, 0.25) is 5.91 Å². The van der Waals surface area contributed by atoms with Crippen LogP contribution in [0.1, 0.15) is 47.7 Å². The van der Waals surface area contributed by atoms with Crippen molar-refractivity contribution in [1.29, 1.82) is 0 Å². The molecule has 0 unspecified atom stereocenters. The van der Waals surface area contributed by atoms with Crippen LogP contribution < -0.4 is 5.32 Å². The molecule has 0 aliphatic heterocycles. The van der Waals surface area contributed by atoms with Crippen molar-refractivity contribution in [3.05, 3.63) is 77.4 Å². The second kappa shape index (κ2) is 17.4. The lowest BCUT2D eigenvalue weighted by Crippen LogP contribution is -2.22. The molecule has 0 spiro atoms. The standard InChI is InChI=1S/C17H24N2O2.C7H8.CH2O2/c1-4-18-17(21)15-11-8-10-14(13-15)9-6-5-7-12-16(20)19(2)3;1-7-5-3-2-4-6-7;2-1-3/h6,8-11,13H,4-5,7,12H2,1-3H3,(H,18,21);2-6H,1H3;1H,(H,2,3)/b9-6-;;. The largest absolute Gasteiger partial charge is 0.483 e. The predicted octanol–water partition coefficient (Wildman–Crippen LogP) is 4.40. The van der Waals surface area contributed by atoms with Crippen molar-refractivity contribution < 1.29 is 19.5 Å². The molecule has 0 bridgehead atoms. The minimum atomic E-state index is -0.250. The first-order chi connectivity index (χ1) is 14.8. The first kappa shape index (κ1) is 27.6. The Morgan fingerprint density at radius 2 is 1.71 bits per heavy atom. The van der Waals surface area contributed by atoms with Gasteiger partial charge in [0.05, 0.1) is 0 Å². The van der Waals surface area contributed by atoms with E-state index < -0.39 is 0 Å². The van der Waals surface area contributed by atoms with Crippen molar-refractivity contribution in [2.75, 3.05) is 20.6 Å². The van der Waals surface area contributed by atoms with Gasteiger partial charge in [-0.15, -0.1) is 0 Å². The number of nitrogens with zero attached hydrogens (tertiary/aromatic N) is 1. The summed E-state index contributed by atoms with van der Waals surface area (Å²) in [5.74, 6) is 0.103. The third-order valence-corrected chi connectivity index (χ3v) is 4.00. The van der Waals surface area contributed by atoms with Crippen molar-refractivity contribution in [1.82, 2.24) is 10.2 Å². The van der Waals surface area contributed by atoms with Gasteiger partial charge < -0.3 is 15.3 Å². The molecule has 2 amide bonds. The maximum Gasteiger partial charge on any atom is 0.290 e. The number of allylic oxidation sites excluding steroid dienone is 1. The fourth-order valence-corrected chi connectivity index (χ4v) is 2.39. The molecule has 2 N–H and O–H groups in total. The predicted molar refractivity (Wildman–Crippen MR) is 126 cm³/mol. The van der Waals surface area contributed by atoms with Gasteiger partial charge in [0.1, 0.15) is 0 Å². The van der Waals surface area contributed by atoms with E-state index in [1.165, 1.54) is 5.56 Å². The molecule has 31 heavy (non-hydrogen) atoms. The monoisotopic (exact) mass is 426 g/mol. The van der Waals surface area contributed by atoms with Crippen LogP contribution in [0.3, 0.4) is 0 Å². The number of hydrogen-bond acceptors (Lipinski definition) is 3. The van der Waals surface area contributed by atoms with Gasteiger partial charge in [-0.25, -0.2) is 0 Å². The second-order valence-electron chi connectivity index (χ2n) is 6.83. The van der Waals surface area contributed by atoms with Crippen LogP contribution in [0, 0.1) is 6.92 Å². The summed E-state index contributed by atoms with van der Waals surface area (Å²) >= 11 is 0. The summed E-state index contributed by atoms with van der Waals surface area (Å²) in [5, 5.41) is 9.67. The molecule has 6 nitrogen and oxygen atoms in total. The maximum atomic E-state index is 11.7. The van der Waals surface area contributed by atoms with Crippen LogP contribution >= 0.6 is 0 Å². The number of rotatable bonds is 7. The van der Waals surface area contributed by atoms with E-state index in [4.69, 9.17) is 9.90 Å². The maximum absolute atomic E-state index is 11.7. The van der Waals surface area contributed by atoms with E-state index >= 15 is 0 Å². The summed E-state index contributed by atoms with van der Waals surface area (Å²) in [6.45, 7) is 4.36. The van der Waals surface area contributed by atoms with Crippen LogP contribution in [0.5, 0.6) is 0 Å². The van der Waals surface area contributed by atoms with Crippen molar-refractivity contribution >= 4 is 24.4 Å². The fourth-order valence-electron chi connectivity index (χ4n) is 2.39. The van der Waals surface area contributed by atoms with Gasteiger partial charge in [0, 0.05) is 32.6 Å². The molecule has 168 valence electrons. The summed E-state index contributed by atoms with van der Waals surface area (Å²) in [4.78, 5) is 33.1. The van der Waals surface area contributed by atoms with Crippen LogP contribution in [0.4, 0.5) is 0 Å². The Bertz CT molecular complexity index is 802. The third-order valence-electron chi connectivity index (χ3n) is 4.00. The van der Waals surface area contributed by atoms with Gasteiger partial charge >= 0.3 is 0 Å². The average molecular weight is 427 g/mol. The van der Waals surface area contributed by atoms with E-state index in [9.17, 15) is 9.59 Å². The molecule has 0 heterocycles. The molecule has 6 heteroatoms.